The van der Waals surface area contributed by atoms with Gasteiger partial charge in [0.1, 0.15) is 0 Å². The molecule has 2 aromatic carbocycles. The van der Waals surface area contributed by atoms with Gasteiger partial charge in [-0.1, -0.05) is 48.0 Å². The maximum absolute atomic E-state index is 13.0. The predicted octanol–water partition coefficient (Wildman–Crippen LogP) is 1.34. The normalized spacial score (nSPS) is 18.3. The maximum atomic E-state index is 13.0. The molecule has 2 atom stereocenters. The van der Waals surface area contributed by atoms with Gasteiger partial charge in [0, 0.05) is 16.3 Å². The molecule has 1 aliphatic heterocycles. The molecule has 3 N–H and O–H groups in total. The first-order chi connectivity index (χ1) is 12.0. The van der Waals surface area contributed by atoms with Gasteiger partial charge >= 0.3 is 0 Å². The van der Waals surface area contributed by atoms with E-state index in [1.165, 1.54) is 0 Å². The Morgan fingerprint density at radius 2 is 2.00 bits per heavy atom. The van der Waals surface area contributed by atoms with Crippen molar-refractivity contribution in [3.63, 3.8) is 0 Å². The lowest BCUT2D eigenvalue weighted by atomic mass is 10.0. The number of halogens is 1. The van der Waals surface area contributed by atoms with Crippen molar-refractivity contribution in [1.29, 1.82) is 0 Å². The van der Waals surface area contributed by atoms with Crippen LogP contribution < -0.4 is 15.5 Å². The van der Waals surface area contributed by atoms with E-state index in [9.17, 15) is 9.59 Å². The molecule has 5 nitrogen and oxygen atoms in total. The molecule has 1 unspecified atom stereocenters. The fraction of sp³-hybridized carbons (Fsp3) is 0.263. The number of anilines is 1. The van der Waals surface area contributed by atoms with Crippen molar-refractivity contribution in [1.82, 2.24) is 5.32 Å². The van der Waals surface area contributed by atoms with E-state index in [1.807, 2.05) is 49.4 Å². The molecule has 0 radical (unpaired) electrons. The third kappa shape index (κ3) is 4.18. The van der Waals surface area contributed by atoms with Crippen LogP contribution in [0.1, 0.15) is 17.2 Å². The molecule has 0 aromatic heterocycles. The molecule has 0 spiro atoms. The van der Waals surface area contributed by atoms with Crippen LogP contribution in [0.4, 0.5) is 5.69 Å². The van der Waals surface area contributed by atoms with Crippen LogP contribution >= 0.6 is 11.6 Å². The van der Waals surface area contributed by atoms with Crippen LogP contribution in [0.15, 0.2) is 48.5 Å². The molecule has 0 aliphatic carbocycles. The zero-order valence-electron chi connectivity index (χ0n) is 14.0. The Labute approximate surface area is 152 Å². The van der Waals surface area contributed by atoms with Gasteiger partial charge in [-0.3, -0.25) is 9.59 Å². The van der Waals surface area contributed by atoms with Crippen molar-refractivity contribution < 1.29 is 14.5 Å². The summed E-state index contributed by atoms with van der Waals surface area (Å²) in [6, 6.07) is 14.6. The average Bonchev–Trinajstić information content (AvgIpc) is 2.59. The molecular weight excluding hydrogens is 338 g/mol. The van der Waals surface area contributed by atoms with E-state index in [1.54, 1.807) is 6.07 Å². The van der Waals surface area contributed by atoms with E-state index in [0.29, 0.717) is 23.8 Å². The largest absolute Gasteiger partial charge is 0.346 e. The van der Waals surface area contributed by atoms with E-state index in [-0.39, 0.29) is 18.4 Å². The molecule has 1 saturated heterocycles. The fourth-order valence-corrected chi connectivity index (χ4v) is 3.25. The third-order valence-electron chi connectivity index (χ3n) is 4.40. The fourth-order valence-electron chi connectivity index (χ4n) is 3.07. The van der Waals surface area contributed by atoms with E-state index < -0.39 is 6.04 Å². The van der Waals surface area contributed by atoms with Gasteiger partial charge in [-0.15, -0.1) is 0 Å². The minimum Gasteiger partial charge on any atom is -0.346 e. The molecule has 6 heteroatoms. The second-order valence-corrected chi connectivity index (χ2v) is 6.64. The van der Waals surface area contributed by atoms with Crippen LogP contribution in [0.25, 0.3) is 0 Å². The predicted molar refractivity (Wildman–Crippen MR) is 97.7 cm³/mol. The first kappa shape index (κ1) is 17.5. The smallest absolute Gasteiger partial charge is 0.287 e. The van der Waals surface area contributed by atoms with Crippen molar-refractivity contribution in [2.24, 2.45) is 0 Å². The summed E-state index contributed by atoms with van der Waals surface area (Å²) in [7, 11) is 0. The number of hydrogen-bond acceptors (Lipinski definition) is 2. The van der Waals surface area contributed by atoms with E-state index in [0.717, 1.165) is 16.0 Å². The summed E-state index contributed by atoms with van der Waals surface area (Å²) >= 11 is 6.15. The summed E-state index contributed by atoms with van der Waals surface area (Å²) in [5.74, 6) is -0.177. The molecule has 3 rings (SSSR count). The highest BCUT2D eigenvalue weighted by atomic mass is 35.5. The number of carbonyl (C=O) groups is 2. The number of rotatable bonds is 4. The lowest BCUT2D eigenvalue weighted by Crippen LogP contribution is -3.16. The minimum atomic E-state index is -0.452. The topological polar surface area (TPSA) is 62.6 Å². The molecule has 1 heterocycles. The Morgan fingerprint density at radius 1 is 1.24 bits per heavy atom. The second kappa shape index (κ2) is 7.68. The lowest BCUT2D eigenvalue weighted by molar-refractivity contribution is -0.915. The lowest BCUT2D eigenvalue weighted by Gasteiger charge is -2.30. The van der Waals surface area contributed by atoms with Gasteiger partial charge < -0.3 is 15.5 Å². The summed E-state index contributed by atoms with van der Waals surface area (Å²) in [5.41, 5.74) is 2.50. The molecular formula is C19H21ClN3O2+. The SMILES string of the molecule is Cc1ccc(NC(=O)[C@H](c2ccccc2)[NH+]2CCNC(=O)C2)cc1Cl. The Morgan fingerprint density at radius 3 is 2.68 bits per heavy atom. The van der Waals surface area contributed by atoms with Crippen molar-refractivity contribution in [2.75, 3.05) is 25.0 Å². The van der Waals surface area contributed by atoms with Gasteiger partial charge in [0.05, 0.1) is 13.1 Å². The van der Waals surface area contributed by atoms with Crippen LogP contribution in [0.2, 0.25) is 5.02 Å². The molecule has 2 amide bonds. The summed E-state index contributed by atoms with van der Waals surface area (Å²) in [6.45, 7) is 3.47. The molecule has 0 bridgehead atoms. The number of hydrogen-bond donors (Lipinski definition) is 3. The van der Waals surface area contributed by atoms with Gasteiger partial charge in [0.25, 0.3) is 11.8 Å². The second-order valence-electron chi connectivity index (χ2n) is 6.23. The Kier molecular flexibility index (Phi) is 5.36. The molecule has 25 heavy (non-hydrogen) atoms. The molecule has 0 saturated carbocycles. The molecule has 130 valence electrons. The average molecular weight is 359 g/mol. The van der Waals surface area contributed by atoms with Crippen molar-refractivity contribution >= 4 is 29.1 Å². The van der Waals surface area contributed by atoms with Crippen molar-refractivity contribution in [3.05, 3.63) is 64.7 Å². The first-order valence-electron chi connectivity index (χ1n) is 8.28. The van der Waals surface area contributed by atoms with Crippen LogP contribution in [0.3, 0.4) is 0 Å². The minimum absolute atomic E-state index is 0.0339. The Hall–Kier alpha value is -2.37. The van der Waals surface area contributed by atoms with Crippen molar-refractivity contribution in [2.45, 2.75) is 13.0 Å². The standard InChI is InChI=1S/C19H20ClN3O2/c1-13-7-8-15(11-16(13)20)22-19(25)18(14-5-3-2-4-6-14)23-10-9-21-17(24)12-23/h2-8,11,18H,9-10,12H2,1H3,(H,21,24)(H,22,25)/p+1/t18-/m0/s1. The highest BCUT2D eigenvalue weighted by Crippen LogP contribution is 2.21. The van der Waals surface area contributed by atoms with Gasteiger partial charge in [0.15, 0.2) is 12.6 Å². The number of carbonyl (C=O) groups excluding carboxylic acids is 2. The van der Waals surface area contributed by atoms with Crippen LogP contribution in [-0.4, -0.2) is 31.4 Å². The number of benzene rings is 2. The van der Waals surface area contributed by atoms with Crippen LogP contribution in [0, 0.1) is 6.92 Å². The molecule has 2 aromatic rings. The summed E-state index contributed by atoms with van der Waals surface area (Å²) in [6.07, 6.45) is 0. The number of nitrogens with one attached hydrogen (secondary N) is 3. The van der Waals surface area contributed by atoms with Gasteiger partial charge in [-0.05, 0) is 24.6 Å². The quantitative estimate of drug-likeness (QED) is 0.772. The zero-order chi connectivity index (χ0) is 17.8. The highest BCUT2D eigenvalue weighted by Gasteiger charge is 2.34. The zero-order valence-corrected chi connectivity index (χ0v) is 14.8. The first-order valence-corrected chi connectivity index (χ1v) is 8.65. The Balaban J connectivity index is 1.86. The van der Waals surface area contributed by atoms with E-state index >= 15 is 0 Å². The summed E-state index contributed by atoms with van der Waals surface area (Å²) < 4.78 is 0. The number of amides is 2. The van der Waals surface area contributed by atoms with Crippen LogP contribution in [-0.2, 0) is 9.59 Å². The van der Waals surface area contributed by atoms with Crippen molar-refractivity contribution in [3.8, 4) is 0 Å². The summed E-state index contributed by atoms with van der Waals surface area (Å²) in [5, 5.41) is 6.37. The molecule has 1 aliphatic rings. The third-order valence-corrected chi connectivity index (χ3v) is 4.81. The number of aryl methyl sites for hydroxylation is 1. The highest BCUT2D eigenvalue weighted by molar-refractivity contribution is 6.31. The Bertz CT molecular complexity index is 779. The molecule has 1 fully saturated rings. The van der Waals surface area contributed by atoms with Gasteiger partial charge in [-0.25, -0.2) is 0 Å². The number of quaternary nitrogens is 1. The van der Waals surface area contributed by atoms with Gasteiger partial charge in [0.2, 0.25) is 0 Å². The van der Waals surface area contributed by atoms with E-state index in [4.69, 9.17) is 11.6 Å². The van der Waals surface area contributed by atoms with Gasteiger partial charge in [-0.2, -0.15) is 0 Å². The summed E-state index contributed by atoms with van der Waals surface area (Å²) in [4.78, 5) is 25.7. The monoisotopic (exact) mass is 358 g/mol. The number of piperazine rings is 1. The maximum Gasteiger partial charge on any atom is 0.287 e. The van der Waals surface area contributed by atoms with E-state index in [2.05, 4.69) is 10.6 Å². The van der Waals surface area contributed by atoms with Crippen LogP contribution in [0.5, 0.6) is 0 Å².